The molecule has 0 aliphatic carbocycles. The van der Waals surface area contributed by atoms with Crippen LogP contribution in [0, 0.1) is 0 Å². The maximum Gasteiger partial charge on any atom is 0.241 e. The van der Waals surface area contributed by atoms with Crippen LogP contribution < -0.4 is 11.1 Å². The molecule has 0 saturated heterocycles. The van der Waals surface area contributed by atoms with Crippen molar-refractivity contribution < 1.29 is 9.90 Å². The normalized spacial score (nSPS) is 15.6. The molecule has 4 N–H and O–H groups in total. The summed E-state index contributed by atoms with van der Waals surface area (Å²) in [6.07, 6.45) is 4.82. The van der Waals surface area contributed by atoms with E-state index in [1.54, 1.807) is 13.1 Å². The molecular weight excluding hydrogens is 232 g/mol. The van der Waals surface area contributed by atoms with Gasteiger partial charge in [-0.2, -0.15) is 0 Å². The molecule has 0 aliphatic heterocycles. The number of carbonyl (C=O) groups excluding carboxylic acids is 1. The number of hydrogen-bond acceptors (Lipinski definition) is 5. The van der Waals surface area contributed by atoms with Gasteiger partial charge in [-0.05, 0) is 39.9 Å². The summed E-state index contributed by atoms with van der Waals surface area (Å²) in [7, 11) is 1.88. The SMILES string of the molecule is CC(/N=C\C=C\C(N)=O)NCCCN(C)C(C)O. The van der Waals surface area contributed by atoms with Gasteiger partial charge in [0.05, 0.1) is 6.17 Å². The number of allylic oxidation sites excluding steroid dienone is 1. The second-order valence-electron chi connectivity index (χ2n) is 4.16. The standard InChI is InChI=1S/C12H24N4O2/c1-10(14-7-4-6-12(13)18)15-8-5-9-16(3)11(2)17/h4,6-7,10-11,15,17H,5,8-9H2,1-3H3,(H2,13,18)/b6-4+,14-7-. The summed E-state index contributed by atoms with van der Waals surface area (Å²) < 4.78 is 0. The first-order chi connectivity index (χ1) is 8.43. The fourth-order valence-electron chi connectivity index (χ4n) is 1.20. The molecule has 0 heterocycles. The molecule has 6 heteroatoms. The largest absolute Gasteiger partial charge is 0.379 e. The number of rotatable bonds is 9. The monoisotopic (exact) mass is 256 g/mol. The van der Waals surface area contributed by atoms with E-state index in [2.05, 4.69) is 10.3 Å². The van der Waals surface area contributed by atoms with E-state index in [0.29, 0.717) is 0 Å². The van der Waals surface area contributed by atoms with Gasteiger partial charge in [-0.1, -0.05) is 0 Å². The topological polar surface area (TPSA) is 90.9 Å². The number of hydrogen-bond donors (Lipinski definition) is 3. The first kappa shape index (κ1) is 16.8. The number of aliphatic hydroxyl groups excluding tert-OH is 1. The fraction of sp³-hybridized carbons (Fsp3) is 0.667. The Bertz CT molecular complexity index is 290. The smallest absolute Gasteiger partial charge is 0.241 e. The summed E-state index contributed by atoms with van der Waals surface area (Å²) in [6.45, 7) is 5.30. The Kier molecular flexibility index (Phi) is 9.08. The maximum atomic E-state index is 10.4. The van der Waals surface area contributed by atoms with Gasteiger partial charge in [0.1, 0.15) is 6.23 Å². The Hall–Kier alpha value is -1.24. The fourth-order valence-corrected chi connectivity index (χ4v) is 1.20. The first-order valence-electron chi connectivity index (χ1n) is 6.04. The molecule has 0 fully saturated rings. The molecule has 104 valence electrons. The highest BCUT2D eigenvalue weighted by molar-refractivity contribution is 5.90. The summed E-state index contributed by atoms with van der Waals surface area (Å²) in [6, 6.07) is 0. The molecule has 0 aliphatic rings. The second kappa shape index (κ2) is 9.76. The quantitative estimate of drug-likeness (QED) is 0.228. The van der Waals surface area contributed by atoms with Gasteiger partial charge < -0.3 is 10.8 Å². The van der Waals surface area contributed by atoms with Gasteiger partial charge in [-0.15, -0.1) is 0 Å². The number of nitrogens with one attached hydrogen (secondary N) is 1. The van der Waals surface area contributed by atoms with Crippen molar-refractivity contribution in [3.8, 4) is 0 Å². The van der Waals surface area contributed by atoms with Gasteiger partial charge in [0.25, 0.3) is 0 Å². The molecule has 0 saturated carbocycles. The van der Waals surface area contributed by atoms with Crippen LogP contribution in [0.25, 0.3) is 0 Å². The highest BCUT2D eigenvalue weighted by Crippen LogP contribution is 1.92. The highest BCUT2D eigenvalue weighted by Gasteiger charge is 2.03. The molecule has 0 aromatic carbocycles. The Morgan fingerprint density at radius 1 is 1.56 bits per heavy atom. The van der Waals surface area contributed by atoms with Crippen molar-refractivity contribution in [2.24, 2.45) is 10.7 Å². The van der Waals surface area contributed by atoms with Crippen molar-refractivity contribution in [3.05, 3.63) is 12.2 Å². The zero-order valence-corrected chi connectivity index (χ0v) is 11.3. The van der Waals surface area contributed by atoms with Crippen LogP contribution in [0.15, 0.2) is 17.1 Å². The minimum Gasteiger partial charge on any atom is -0.379 e. The minimum atomic E-state index is -0.483. The Labute approximate surface area is 109 Å². The zero-order chi connectivity index (χ0) is 14.0. The van der Waals surface area contributed by atoms with E-state index >= 15 is 0 Å². The molecule has 0 spiro atoms. The zero-order valence-electron chi connectivity index (χ0n) is 11.3. The van der Waals surface area contributed by atoms with Crippen LogP contribution in [0.1, 0.15) is 20.3 Å². The van der Waals surface area contributed by atoms with Crippen molar-refractivity contribution in [1.82, 2.24) is 10.2 Å². The third kappa shape index (κ3) is 9.95. The van der Waals surface area contributed by atoms with Gasteiger partial charge in [-0.25, -0.2) is 0 Å². The van der Waals surface area contributed by atoms with Crippen LogP contribution in [0.3, 0.4) is 0 Å². The van der Waals surface area contributed by atoms with Gasteiger partial charge in [0.2, 0.25) is 5.91 Å². The second-order valence-corrected chi connectivity index (χ2v) is 4.16. The molecule has 0 aromatic heterocycles. The molecule has 2 atom stereocenters. The van der Waals surface area contributed by atoms with Gasteiger partial charge in [0.15, 0.2) is 0 Å². The van der Waals surface area contributed by atoms with E-state index in [0.717, 1.165) is 19.5 Å². The molecule has 6 nitrogen and oxygen atoms in total. The molecule has 0 aromatic rings. The maximum absolute atomic E-state index is 10.4. The third-order valence-corrected chi connectivity index (χ3v) is 2.42. The molecule has 1 amide bonds. The van der Waals surface area contributed by atoms with Crippen molar-refractivity contribution in [3.63, 3.8) is 0 Å². The summed E-state index contributed by atoms with van der Waals surface area (Å²) in [5.74, 6) is -0.483. The molecule has 0 bridgehead atoms. The molecule has 2 unspecified atom stereocenters. The lowest BCUT2D eigenvalue weighted by Crippen LogP contribution is -2.32. The number of primary amides is 1. The highest BCUT2D eigenvalue weighted by atomic mass is 16.3. The summed E-state index contributed by atoms with van der Waals surface area (Å²) in [4.78, 5) is 16.4. The number of carbonyl (C=O) groups is 1. The average Bonchev–Trinajstić information content (AvgIpc) is 2.29. The molecular formula is C12H24N4O2. The lowest BCUT2D eigenvalue weighted by atomic mass is 10.3. The minimum absolute atomic E-state index is 0.0145. The van der Waals surface area contributed by atoms with Crippen molar-refractivity contribution in [2.45, 2.75) is 32.7 Å². The van der Waals surface area contributed by atoms with Crippen LogP contribution in [0.4, 0.5) is 0 Å². The van der Waals surface area contributed by atoms with Crippen LogP contribution in [0.5, 0.6) is 0 Å². The molecule has 0 rings (SSSR count). The number of nitrogens with zero attached hydrogens (tertiary/aromatic N) is 2. The summed E-state index contributed by atoms with van der Waals surface area (Å²) in [5, 5.41) is 12.5. The first-order valence-corrected chi connectivity index (χ1v) is 6.04. The van der Waals surface area contributed by atoms with Crippen LogP contribution in [0.2, 0.25) is 0 Å². The molecule has 0 radical (unpaired) electrons. The third-order valence-electron chi connectivity index (χ3n) is 2.42. The number of aliphatic imine (C=N–C) groups is 1. The predicted octanol–water partition coefficient (Wildman–Crippen LogP) is -0.305. The summed E-state index contributed by atoms with van der Waals surface area (Å²) in [5.41, 5.74) is 4.93. The predicted molar refractivity (Wildman–Crippen MR) is 73.2 cm³/mol. The van der Waals surface area contributed by atoms with E-state index in [1.165, 1.54) is 12.2 Å². The van der Waals surface area contributed by atoms with Crippen molar-refractivity contribution in [2.75, 3.05) is 20.1 Å². The Morgan fingerprint density at radius 3 is 2.78 bits per heavy atom. The lowest BCUT2D eigenvalue weighted by Gasteiger charge is -2.19. The number of nitrogens with two attached hydrogens (primary N) is 1. The van der Waals surface area contributed by atoms with Crippen LogP contribution in [-0.2, 0) is 4.79 Å². The van der Waals surface area contributed by atoms with Crippen molar-refractivity contribution in [1.29, 1.82) is 0 Å². The average molecular weight is 256 g/mol. The van der Waals surface area contributed by atoms with Crippen LogP contribution >= 0.6 is 0 Å². The number of aliphatic hydroxyl groups is 1. The van der Waals surface area contributed by atoms with E-state index in [9.17, 15) is 9.90 Å². The number of amides is 1. The van der Waals surface area contributed by atoms with E-state index in [1.807, 2.05) is 18.9 Å². The van der Waals surface area contributed by atoms with Gasteiger partial charge >= 0.3 is 0 Å². The Morgan fingerprint density at radius 2 is 2.22 bits per heavy atom. The van der Waals surface area contributed by atoms with Gasteiger partial charge in [-0.3, -0.25) is 20.0 Å². The van der Waals surface area contributed by atoms with E-state index < -0.39 is 12.1 Å². The van der Waals surface area contributed by atoms with E-state index in [4.69, 9.17) is 5.73 Å². The van der Waals surface area contributed by atoms with Crippen molar-refractivity contribution >= 4 is 12.1 Å². The lowest BCUT2D eigenvalue weighted by molar-refractivity contribution is -0.113. The van der Waals surface area contributed by atoms with E-state index in [-0.39, 0.29) is 6.17 Å². The Balaban J connectivity index is 3.65. The molecule has 18 heavy (non-hydrogen) atoms. The van der Waals surface area contributed by atoms with Gasteiger partial charge in [0, 0.05) is 18.8 Å². The van der Waals surface area contributed by atoms with Crippen LogP contribution in [-0.4, -0.2) is 54.7 Å². The summed E-state index contributed by atoms with van der Waals surface area (Å²) >= 11 is 0.